The van der Waals surface area contributed by atoms with Crippen LogP contribution in [0.1, 0.15) is 22.5 Å². The van der Waals surface area contributed by atoms with E-state index in [-0.39, 0.29) is 5.91 Å². The average Bonchev–Trinajstić information content (AvgIpc) is 3.27. The van der Waals surface area contributed by atoms with Gasteiger partial charge in [0.2, 0.25) is 0 Å². The number of aromatic nitrogens is 1. The van der Waals surface area contributed by atoms with Gasteiger partial charge in [-0.2, -0.15) is 0 Å². The Morgan fingerprint density at radius 1 is 1.24 bits per heavy atom. The van der Waals surface area contributed by atoms with Gasteiger partial charge < -0.3 is 9.73 Å². The highest BCUT2D eigenvalue weighted by Crippen LogP contribution is 2.20. The number of nitrogens with one attached hydrogen (secondary N) is 1. The standard InChI is InChI=1S/C20H21N3O2/c24-20(19-11-17-3-1-2-4-18(17)25-19)22-12-16-7-10-23(14-16)13-15-5-8-21-9-6-15/h1-6,8-9,11,16H,7,10,12-14H2,(H,22,24)/t16-/m1/s1. The molecule has 1 aromatic carbocycles. The van der Waals surface area contributed by atoms with E-state index in [0.29, 0.717) is 18.2 Å². The number of likely N-dealkylation sites (tertiary alicyclic amines) is 1. The number of nitrogens with zero attached hydrogens (tertiary/aromatic N) is 2. The van der Waals surface area contributed by atoms with E-state index in [1.807, 2.05) is 36.7 Å². The van der Waals surface area contributed by atoms with E-state index in [1.165, 1.54) is 5.56 Å². The quantitative estimate of drug-likeness (QED) is 0.778. The third kappa shape index (κ3) is 3.72. The van der Waals surface area contributed by atoms with E-state index in [1.54, 1.807) is 6.07 Å². The molecule has 5 nitrogen and oxygen atoms in total. The number of carbonyl (C=O) groups is 1. The summed E-state index contributed by atoms with van der Waals surface area (Å²) >= 11 is 0. The average molecular weight is 335 g/mol. The maximum absolute atomic E-state index is 12.3. The third-order valence-electron chi connectivity index (χ3n) is 4.73. The zero-order valence-electron chi connectivity index (χ0n) is 14.0. The lowest BCUT2D eigenvalue weighted by Crippen LogP contribution is -2.30. The number of amides is 1. The minimum Gasteiger partial charge on any atom is -0.451 e. The summed E-state index contributed by atoms with van der Waals surface area (Å²) in [5.41, 5.74) is 2.03. The van der Waals surface area contributed by atoms with Crippen LogP contribution < -0.4 is 5.32 Å². The molecule has 0 spiro atoms. The Labute approximate surface area is 146 Å². The van der Waals surface area contributed by atoms with Gasteiger partial charge in [-0.15, -0.1) is 0 Å². The first kappa shape index (κ1) is 15.8. The van der Waals surface area contributed by atoms with Crippen molar-refractivity contribution in [2.75, 3.05) is 19.6 Å². The van der Waals surface area contributed by atoms with Crippen LogP contribution in [0.25, 0.3) is 11.0 Å². The highest BCUT2D eigenvalue weighted by Gasteiger charge is 2.23. The van der Waals surface area contributed by atoms with Crippen molar-refractivity contribution in [3.63, 3.8) is 0 Å². The topological polar surface area (TPSA) is 58.4 Å². The fraction of sp³-hybridized carbons (Fsp3) is 0.300. The predicted octanol–water partition coefficient (Wildman–Crippen LogP) is 3.08. The summed E-state index contributed by atoms with van der Waals surface area (Å²) in [6.45, 7) is 3.69. The largest absolute Gasteiger partial charge is 0.451 e. The minimum absolute atomic E-state index is 0.135. The lowest BCUT2D eigenvalue weighted by atomic mass is 10.1. The lowest BCUT2D eigenvalue weighted by Gasteiger charge is -2.16. The Morgan fingerprint density at radius 2 is 2.08 bits per heavy atom. The first-order valence-electron chi connectivity index (χ1n) is 8.66. The van der Waals surface area contributed by atoms with Crippen LogP contribution in [0, 0.1) is 5.92 Å². The van der Waals surface area contributed by atoms with E-state index in [0.717, 1.165) is 37.0 Å². The van der Waals surface area contributed by atoms with Crippen LogP contribution in [0.3, 0.4) is 0 Å². The molecule has 0 saturated carbocycles. The van der Waals surface area contributed by atoms with E-state index < -0.39 is 0 Å². The Bertz CT molecular complexity index is 827. The number of hydrogen-bond acceptors (Lipinski definition) is 4. The van der Waals surface area contributed by atoms with Crippen molar-refractivity contribution in [3.8, 4) is 0 Å². The summed E-state index contributed by atoms with van der Waals surface area (Å²) in [5, 5.41) is 3.97. The highest BCUT2D eigenvalue weighted by atomic mass is 16.3. The van der Waals surface area contributed by atoms with Crippen LogP contribution in [-0.2, 0) is 6.54 Å². The fourth-order valence-electron chi connectivity index (χ4n) is 3.39. The van der Waals surface area contributed by atoms with Crippen molar-refractivity contribution < 1.29 is 9.21 Å². The number of benzene rings is 1. The molecule has 1 fully saturated rings. The molecule has 0 bridgehead atoms. The smallest absolute Gasteiger partial charge is 0.287 e. The highest BCUT2D eigenvalue weighted by molar-refractivity contribution is 5.96. The van der Waals surface area contributed by atoms with Crippen molar-refractivity contribution in [2.45, 2.75) is 13.0 Å². The van der Waals surface area contributed by atoms with Gasteiger partial charge in [-0.05, 0) is 48.7 Å². The van der Waals surface area contributed by atoms with Crippen molar-refractivity contribution in [3.05, 3.63) is 66.2 Å². The summed E-state index contributed by atoms with van der Waals surface area (Å²) in [4.78, 5) is 18.8. The Balaban J connectivity index is 1.29. The van der Waals surface area contributed by atoms with E-state index in [9.17, 15) is 4.79 Å². The molecule has 5 heteroatoms. The molecule has 3 heterocycles. The third-order valence-corrected chi connectivity index (χ3v) is 4.73. The molecular weight excluding hydrogens is 314 g/mol. The molecule has 25 heavy (non-hydrogen) atoms. The predicted molar refractivity (Wildman–Crippen MR) is 96.2 cm³/mol. The molecule has 1 atom stereocenters. The van der Waals surface area contributed by atoms with Gasteiger partial charge in [-0.25, -0.2) is 0 Å². The second-order valence-corrected chi connectivity index (χ2v) is 6.60. The molecule has 4 rings (SSSR count). The number of furan rings is 1. The first-order chi connectivity index (χ1) is 12.3. The molecule has 1 aliphatic heterocycles. The number of hydrogen-bond donors (Lipinski definition) is 1. The van der Waals surface area contributed by atoms with Crippen LogP contribution in [-0.4, -0.2) is 35.4 Å². The monoisotopic (exact) mass is 335 g/mol. The van der Waals surface area contributed by atoms with Crippen molar-refractivity contribution in [1.29, 1.82) is 0 Å². The summed E-state index contributed by atoms with van der Waals surface area (Å²) in [5.74, 6) is 0.729. The van der Waals surface area contributed by atoms with Gasteiger partial charge >= 0.3 is 0 Å². The molecule has 1 amide bonds. The summed E-state index contributed by atoms with van der Waals surface area (Å²) in [7, 11) is 0. The van der Waals surface area contributed by atoms with E-state index in [2.05, 4.69) is 27.3 Å². The number of pyridine rings is 1. The van der Waals surface area contributed by atoms with Crippen LogP contribution in [0.2, 0.25) is 0 Å². The maximum atomic E-state index is 12.3. The summed E-state index contributed by atoms with van der Waals surface area (Å²) in [6, 6.07) is 13.6. The second kappa shape index (κ2) is 7.07. The number of carbonyl (C=O) groups excluding carboxylic acids is 1. The molecule has 128 valence electrons. The van der Waals surface area contributed by atoms with Crippen molar-refractivity contribution in [1.82, 2.24) is 15.2 Å². The van der Waals surface area contributed by atoms with Crippen LogP contribution >= 0.6 is 0 Å². The van der Waals surface area contributed by atoms with Crippen molar-refractivity contribution >= 4 is 16.9 Å². The van der Waals surface area contributed by atoms with Crippen LogP contribution in [0.5, 0.6) is 0 Å². The number of rotatable bonds is 5. The van der Waals surface area contributed by atoms with Crippen LogP contribution in [0.15, 0.2) is 59.3 Å². The SMILES string of the molecule is O=C(NC[C@H]1CCN(Cc2ccncc2)C1)c1cc2ccccc2o1. The lowest BCUT2D eigenvalue weighted by molar-refractivity contribution is 0.0921. The number of para-hydroxylation sites is 1. The maximum Gasteiger partial charge on any atom is 0.287 e. The van der Waals surface area contributed by atoms with Crippen molar-refractivity contribution in [2.24, 2.45) is 5.92 Å². The molecule has 1 saturated heterocycles. The van der Waals surface area contributed by atoms with E-state index >= 15 is 0 Å². The van der Waals surface area contributed by atoms with Gasteiger partial charge in [0.15, 0.2) is 5.76 Å². The molecule has 0 radical (unpaired) electrons. The number of fused-ring (bicyclic) bond motifs is 1. The Hall–Kier alpha value is -2.66. The molecule has 3 aromatic rings. The second-order valence-electron chi connectivity index (χ2n) is 6.60. The zero-order chi connectivity index (χ0) is 17.1. The molecule has 0 unspecified atom stereocenters. The Morgan fingerprint density at radius 3 is 2.92 bits per heavy atom. The molecule has 0 aliphatic carbocycles. The molecule has 2 aromatic heterocycles. The summed E-state index contributed by atoms with van der Waals surface area (Å²) < 4.78 is 5.62. The summed E-state index contributed by atoms with van der Waals surface area (Å²) in [6.07, 6.45) is 4.76. The normalized spacial score (nSPS) is 17.8. The Kier molecular flexibility index (Phi) is 4.48. The van der Waals surface area contributed by atoms with Gasteiger partial charge in [-0.3, -0.25) is 14.7 Å². The van der Waals surface area contributed by atoms with Gasteiger partial charge in [0, 0.05) is 37.4 Å². The van der Waals surface area contributed by atoms with Gasteiger partial charge in [0.25, 0.3) is 5.91 Å². The molecule has 1 aliphatic rings. The minimum atomic E-state index is -0.135. The fourth-order valence-corrected chi connectivity index (χ4v) is 3.39. The van der Waals surface area contributed by atoms with E-state index in [4.69, 9.17) is 4.42 Å². The van der Waals surface area contributed by atoms with Gasteiger partial charge in [0.1, 0.15) is 5.58 Å². The zero-order valence-corrected chi connectivity index (χ0v) is 14.0. The van der Waals surface area contributed by atoms with Gasteiger partial charge in [-0.1, -0.05) is 18.2 Å². The molecule has 1 N–H and O–H groups in total. The van der Waals surface area contributed by atoms with Crippen LogP contribution in [0.4, 0.5) is 0 Å². The first-order valence-corrected chi connectivity index (χ1v) is 8.66. The molecular formula is C20H21N3O2. The van der Waals surface area contributed by atoms with Gasteiger partial charge in [0.05, 0.1) is 0 Å².